The van der Waals surface area contributed by atoms with Gasteiger partial charge in [0.15, 0.2) is 0 Å². The van der Waals surface area contributed by atoms with Crippen molar-refractivity contribution in [3.8, 4) is 5.75 Å². The van der Waals surface area contributed by atoms with Crippen molar-refractivity contribution in [3.63, 3.8) is 0 Å². The van der Waals surface area contributed by atoms with E-state index < -0.39 is 12.2 Å². The highest BCUT2D eigenvalue weighted by atomic mass is 16.5. The second kappa shape index (κ2) is 11.0. The predicted molar refractivity (Wildman–Crippen MR) is 113 cm³/mol. The van der Waals surface area contributed by atoms with Gasteiger partial charge in [-0.05, 0) is 49.3 Å². The SMILES string of the molecule is O=C(CCc1ccccc1)N1CCCCc2ccccc2OC[C@@H](O)[C@@H](O)CC1. The normalized spacial score (nSPS) is 21.1. The van der Waals surface area contributed by atoms with E-state index in [1.165, 1.54) is 0 Å². The number of rotatable bonds is 3. The van der Waals surface area contributed by atoms with Crippen LogP contribution in [0.1, 0.15) is 36.8 Å². The summed E-state index contributed by atoms with van der Waals surface area (Å²) in [5.74, 6) is 0.857. The minimum Gasteiger partial charge on any atom is -0.491 e. The molecule has 1 amide bonds. The molecule has 5 nitrogen and oxygen atoms in total. The first-order valence-corrected chi connectivity index (χ1v) is 10.5. The van der Waals surface area contributed by atoms with Gasteiger partial charge >= 0.3 is 0 Å². The van der Waals surface area contributed by atoms with Gasteiger partial charge in [0.25, 0.3) is 0 Å². The van der Waals surface area contributed by atoms with Crippen LogP contribution in [0.2, 0.25) is 0 Å². The van der Waals surface area contributed by atoms with Gasteiger partial charge in [-0.25, -0.2) is 0 Å². The number of benzene rings is 2. The van der Waals surface area contributed by atoms with E-state index in [0.717, 1.165) is 36.1 Å². The van der Waals surface area contributed by atoms with Crippen molar-refractivity contribution in [2.45, 2.75) is 50.7 Å². The number of nitrogens with zero attached hydrogens (tertiary/aromatic N) is 1. The molecular formula is C24H31NO4. The van der Waals surface area contributed by atoms with Crippen molar-refractivity contribution < 1.29 is 19.7 Å². The van der Waals surface area contributed by atoms with E-state index in [0.29, 0.717) is 32.4 Å². The van der Waals surface area contributed by atoms with Crippen LogP contribution in [0.5, 0.6) is 5.75 Å². The molecule has 0 saturated carbocycles. The Kier molecular flexibility index (Phi) is 8.08. The highest BCUT2D eigenvalue weighted by Gasteiger charge is 2.21. The minimum absolute atomic E-state index is 0.0418. The maximum Gasteiger partial charge on any atom is 0.222 e. The standard InChI is InChI=1S/C24H31NO4/c26-21-15-17-25(24(28)14-13-19-8-2-1-3-9-19)16-7-6-11-20-10-4-5-12-23(20)29-18-22(21)27/h1-5,8-10,12,21-22,26-27H,6-7,11,13-18H2/t21-,22+/m0/s1. The van der Waals surface area contributed by atoms with Crippen LogP contribution >= 0.6 is 0 Å². The van der Waals surface area contributed by atoms with E-state index in [9.17, 15) is 15.0 Å². The van der Waals surface area contributed by atoms with Crippen LogP contribution in [0, 0.1) is 0 Å². The van der Waals surface area contributed by atoms with Crippen LogP contribution in [-0.2, 0) is 17.6 Å². The number of aliphatic hydroxyl groups excluding tert-OH is 2. The summed E-state index contributed by atoms with van der Waals surface area (Å²) >= 11 is 0. The molecule has 156 valence electrons. The molecule has 1 aliphatic heterocycles. The lowest BCUT2D eigenvalue weighted by Crippen LogP contribution is -2.38. The third kappa shape index (κ3) is 6.58. The first-order valence-electron chi connectivity index (χ1n) is 10.5. The third-order valence-corrected chi connectivity index (χ3v) is 5.47. The summed E-state index contributed by atoms with van der Waals surface area (Å²) < 4.78 is 5.76. The zero-order valence-corrected chi connectivity index (χ0v) is 16.9. The Morgan fingerprint density at radius 1 is 0.966 bits per heavy atom. The van der Waals surface area contributed by atoms with Crippen molar-refractivity contribution in [1.82, 2.24) is 4.90 Å². The molecule has 0 aliphatic carbocycles. The largest absolute Gasteiger partial charge is 0.491 e. The highest BCUT2D eigenvalue weighted by Crippen LogP contribution is 2.21. The summed E-state index contributed by atoms with van der Waals surface area (Å²) in [4.78, 5) is 14.6. The molecule has 0 spiro atoms. The van der Waals surface area contributed by atoms with Crippen molar-refractivity contribution in [1.29, 1.82) is 0 Å². The average molecular weight is 398 g/mol. The number of ether oxygens (including phenoxy) is 1. The zero-order chi connectivity index (χ0) is 20.5. The molecule has 0 radical (unpaired) electrons. The molecule has 0 fully saturated rings. The Balaban J connectivity index is 1.63. The number of aryl methyl sites for hydroxylation is 2. The average Bonchev–Trinajstić information content (AvgIpc) is 2.77. The first kappa shape index (κ1) is 21.3. The molecule has 2 aromatic rings. The van der Waals surface area contributed by atoms with Crippen LogP contribution in [-0.4, -0.2) is 52.9 Å². The summed E-state index contributed by atoms with van der Waals surface area (Å²) in [6, 6.07) is 17.8. The van der Waals surface area contributed by atoms with Crippen molar-refractivity contribution in [2.75, 3.05) is 19.7 Å². The fourth-order valence-corrected chi connectivity index (χ4v) is 3.65. The van der Waals surface area contributed by atoms with Crippen molar-refractivity contribution in [2.24, 2.45) is 0 Å². The minimum atomic E-state index is -0.981. The number of para-hydroxylation sites is 1. The second-order valence-electron chi connectivity index (χ2n) is 7.67. The molecule has 1 aliphatic rings. The lowest BCUT2D eigenvalue weighted by Gasteiger charge is -2.25. The van der Waals surface area contributed by atoms with E-state index in [2.05, 4.69) is 0 Å². The van der Waals surface area contributed by atoms with Gasteiger partial charge in [-0.15, -0.1) is 0 Å². The summed E-state index contributed by atoms with van der Waals surface area (Å²) in [7, 11) is 0. The van der Waals surface area contributed by atoms with Crippen LogP contribution in [0.25, 0.3) is 0 Å². The topological polar surface area (TPSA) is 70.0 Å². The number of carbonyl (C=O) groups is 1. The predicted octanol–water partition coefficient (Wildman–Crippen LogP) is 2.98. The van der Waals surface area contributed by atoms with Gasteiger partial charge in [-0.1, -0.05) is 48.5 Å². The van der Waals surface area contributed by atoms with Crippen LogP contribution in [0.4, 0.5) is 0 Å². The lowest BCUT2D eigenvalue weighted by molar-refractivity contribution is -0.131. The van der Waals surface area contributed by atoms with Gasteiger partial charge in [0.1, 0.15) is 18.5 Å². The summed E-state index contributed by atoms with van der Waals surface area (Å²) in [6.45, 7) is 1.15. The monoisotopic (exact) mass is 397 g/mol. The molecule has 0 unspecified atom stereocenters. The van der Waals surface area contributed by atoms with E-state index >= 15 is 0 Å². The quantitative estimate of drug-likeness (QED) is 0.835. The molecule has 29 heavy (non-hydrogen) atoms. The highest BCUT2D eigenvalue weighted by molar-refractivity contribution is 5.76. The molecular weight excluding hydrogens is 366 g/mol. The molecule has 3 rings (SSSR count). The number of amides is 1. The number of hydrogen-bond donors (Lipinski definition) is 2. The van der Waals surface area contributed by atoms with Gasteiger partial charge < -0.3 is 19.8 Å². The molecule has 2 aromatic carbocycles. The van der Waals surface area contributed by atoms with Crippen LogP contribution in [0.15, 0.2) is 54.6 Å². The lowest BCUT2D eigenvalue weighted by atomic mass is 10.1. The fourth-order valence-electron chi connectivity index (χ4n) is 3.65. The number of carbonyl (C=O) groups excluding carboxylic acids is 1. The van der Waals surface area contributed by atoms with E-state index in [4.69, 9.17) is 4.74 Å². The van der Waals surface area contributed by atoms with Crippen LogP contribution in [0.3, 0.4) is 0 Å². The maximum atomic E-state index is 12.8. The van der Waals surface area contributed by atoms with Gasteiger partial charge in [-0.3, -0.25) is 4.79 Å². The number of aliphatic hydroxyl groups is 2. The Labute approximate surface area is 172 Å². The smallest absolute Gasteiger partial charge is 0.222 e. The van der Waals surface area contributed by atoms with Crippen LogP contribution < -0.4 is 4.74 Å². The van der Waals surface area contributed by atoms with E-state index in [-0.39, 0.29) is 12.5 Å². The van der Waals surface area contributed by atoms with Crippen molar-refractivity contribution in [3.05, 3.63) is 65.7 Å². The van der Waals surface area contributed by atoms with Gasteiger partial charge in [0, 0.05) is 19.5 Å². The first-order chi connectivity index (χ1) is 14.1. The molecule has 2 N–H and O–H groups in total. The number of fused-ring (bicyclic) bond motifs is 1. The molecule has 0 saturated heterocycles. The summed E-state index contributed by atoms with van der Waals surface area (Å²) in [5.41, 5.74) is 2.24. The zero-order valence-electron chi connectivity index (χ0n) is 16.9. The molecule has 5 heteroatoms. The fraction of sp³-hybridized carbons (Fsp3) is 0.458. The Morgan fingerprint density at radius 3 is 2.55 bits per heavy atom. The number of hydrogen-bond acceptors (Lipinski definition) is 4. The summed E-state index contributed by atoms with van der Waals surface area (Å²) in [5, 5.41) is 20.6. The van der Waals surface area contributed by atoms with Gasteiger partial charge in [0.05, 0.1) is 6.10 Å². The van der Waals surface area contributed by atoms with E-state index in [1.807, 2.05) is 59.5 Å². The molecule has 0 aromatic heterocycles. The van der Waals surface area contributed by atoms with Gasteiger partial charge in [-0.2, -0.15) is 0 Å². The second-order valence-corrected chi connectivity index (χ2v) is 7.67. The Morgan fingerprint density at radius 2 is 1.72 bits per heavy atom. The molecule has 0 bridgehead atoms. The third-order valence-electron chi connectivity index (χ3n) is 5.47. The maximum absolute atomic E-state index is 12.8. The Hall–Kier alpha value is -2.37. The van der Waals surface area contributed by atoms with E-state index in [1.54, 1.807) is 0 Å². The van der Waals surface area contributed by atoms with Gasteiger partial charge in [0.2, 0.25) is 5.91 Å². The molecule has 2 atom stereocenters. The van der Waals surface area contributed by atoms with Crippen molar-refractivity contribution >= 4 is 5.91 Å². The molecule has 1 heterocycles. The Bertz CT molecular complexity index is 764. The summed E-state index contributed by atoms with van der Waals surface area (Å²) in [6.07, 6.45) is 2.30.